The lowest BCUT2D eigenvalue weighted by atomic mass is 10.1. The summed E-state index contributed by atoms with van der Waals surface area (Å²) in [6.45, 7) is 3.80. The monoisotopic (exact) mass is 178 g/mol. The number of quaternary nitrogens is 2. The molecule has 0 aromatic heterocycles. The van der Waals surface area contributed by atoms with E-state index in [0.29, 0.717) is 6.04 Å². The normalized spacial score (nSPS) is 28.7. The summed E-state index contributed by atoms with van der Waals surface area (Å²) in [4.78, 5) is 1.65. The van der Waals surface area contributed by atoms with E-state index < -0.39 is 0 Å². The predicted molar refractivity (Wildman–Crippen MR) is 52.6 cm³/mol. The summed E-state index contributed by atoms with van der Waals surface area (Å²) in [5.74, 6) is 0. The van der Waals surface area contributed by atoms with Gasteiger partial charge in [-0.2, -0.15) is 0 Å². The zero-order valence-corrected chi connectivity index (χ0v) is 8.16. The van der Waals surface area contributed by atoms with E-state index in [1.54, 1.807) is 4.90 Å². The van der Waals surface area contributed by atoms with Gasteiger partial charge in [0.1, 0.15) is 19.6 Å². The van der Waals surface area contributed by atoms with Crippen molar-refractivity contribution in [3.63, 3.8) is 0 Å². The number of likely N-dealkylation sites (N-methyl/N-ethyl adjacent to an activating group) is 1. The molecule has 2 atom stereocenters. The van der Waals surface area contributed by atoms with Crippen LogP contribution in [0.5, 0.6) is 0 Å². The molecular formula is C11H18N2+2. The molecule has 1 aliphatic rings. The molecule has 0 radical (unpaired) electrons. The molecule has 1 fully saturated rings. The summed E-state index contributed by atoms with van der Waals surface area (Å²) in [6.07, 6.45) is 0. The topological polar surface area (TPSA) is 21.1 Å². The van der Waals surface area contributed by atoms with Crippen LogP contribution < -0.4 is 10.2 Å². The standard InChI is InChI=1S/C11H16N2/c1-13-8-7-12-11(9-13)10-5-3-2-4-6-10/h2-6,11-12H,7-9H2,1H3/p+2/t11-/m0/s1. The molecule has 0 amide bonds. The fourth-order valence-corrected chi connectivity index (χ4v) is 2.05. The Morgan fingerprint density at radius 3 is 2.77 bits per heavy atom. The second kappa shape index (κ2) is 3.90. The Balaban J connectivity index is 2.08. The Kier molecular flexibility index (Phi) is 2.62. The van der Waals surface area contributed by atoms with Gasteiger partial charge in [-0.3, -0.25) is 0 Å². The molecule has 0 saturated carbocycles. The van der Waals surface area contributed by atoms with Crippen molar-refractivity contribution in [2.24, 2.45) is 0 Å². The van der Waals surface area contributed by atoms with Crippen molar-refractivity contribution in [3.05, 3.63) is 35.9 Å². The molecule has 2 nitrogen and oxygen atoms in total. The van der Waals surface area contributed by atoms with Crippen LogP contribution in [0.25, 0.3) is 0 Å². The highest BCUT2D eigenvalue weighted by Crippen LogP contribution is 2.06. The first kappa shape index (κ1) is 8.73. The largest absolute Gasteiger partial charge is 0.331 e. The van der Waals surface area contributed by atoms with Crippen LogP contribution in [-0.2, 0) is 0 Å². The first-order chi connectivity index (χ1) is 6.36. The van der Waals surface area contributed by atoms with Gasteiger partial charge in [-0.1, -0.05) is 30.3 Å². The van der Waals surface area contributed by atoms with Gasteiger partial charge >= 0.3 is 0 Å². The van der Waals surface area contributed by atoms with Gasteiger partial charge in [0, 0.05) is 5.56 Å². The number of piperazine rings is 1. The van der Waals surface area contributed by atoms with Gasteiger partial charge in [0.2, 0.25) is 0 Å². The average Bonchev–Trinajstić information content (AvgIpc) is 2.19. The third kappa shape index (κ3) is 2.08. The lowest BCUT2D eigenvalue weighted by Gasteiger charge is -2.25. The molecular weight excluding hydrogens is 160 g/mol. The number of nitrogens with one attached hydrogen (secondary N) is 1. The number of nitrogens with two attached hydrogens (primary N) is 1. The molecule has 2 heteroatoms. The maximum Gasteiger partial charge on any atom is 0.161 e. The lowest BCUT2D eigenvalue weighted by molar-refractivity contribution is -0.945. The lowest BCUT2D eigenvalue weighted by Crippen LogP contribution is -3.18. The Bertz CT molecular complexity index is 258. The molecule has 1 aromatic rings. The molecule has 0 spiro atoms. The molecule has 1 heterocycles. The maximum atomic E-state index is 2.46. The van der Waals surface area contributed by atoms with Crippen molar-refractivity contribution < 1.29 is 10.2 Å². The molecule has 1 saturated heterocycles. The van der Waals surface area contributed by atoms with Gasteiger partial charge in [0.25, 0.3) is 0 Å². The van der Waals surface area contributed by atoms with Crippen LogP contribution in [0, 0.1) is 0 Å². The molecule has 1 aromatic carbocycles. The van der Waals surface area contributed by atoms with Crippen LogP contribution in [0.2, 0.25) is 0 Å². The summed E-state index contributed by atoms with van der Waals surface area (Å²) >= 11 is 0. The third-order valence-electron chi connectivity index (χ3n) is 2.82. The zero-order valence-electron chi connectivity index (χ0n) is 8.16. The van der Waals surface area contributed by atoms with E-state index in [1.807, 2.05) is 0 Å². The SMILES string of the molecule is C[NH+]1CC[NH2+][C@H](c2ccccc2)C1. The zero-order chi connectivity index (χ0) is 9.10. The minimum Gasteiger partial charge on any atom is -0.331 e. The molecule has 70 valence electrons. The van der Waals surface area contributed by atoms with Gasteiger partial charge in [-0.05, 0) is 0 Å². The second-order valence-electron chi connectivity index (χ2n) is 3.95. The minimum atomic E-state index is 0.676. The molecule has 0 bridgehead atoms. The number of hydrogen-bond acceptors (Lipinski definition) is 0. The third-order valence-corrected chi connectivity index (χ3v) is 2.82. The van der Waals surface area contributed by atoms with Crippen molar-refractivity contribution in [2.75, 3.05) is 26.7 Å². The van der Waals surface area contributed by atoms with Crippen LogP contribution in [0.4, 0.5) is 0 Å². The van der Waals surface area contributed by atoms with Crippen LogP contribution in [0.15, 0.2) is 30.3 Å². The first-order valence-corrected chi connectivity index (χ1v) is 5.06. The molecule has 1 unspecified atom stereocenters. The van der Waals surface area contributed by atoms with Crippen molar-refractivity contribution in [1.82, 2.24) is 0 Å². The Morgan fingerprint density at radius 1 is 1.31 bits per heavy atom. The highest BCUT2D eigenvalue weighted by atomic mass is 15.2. The van der Waals surface area contributed by atoms with Gasteiger partial charge in [-0.15, -0.1) is 0 Å². The van der Waals surface area contributed by atoms with Gasteiger partial charge in [0.15, 0.2) is 6.04 Å². The molecule has 0 aliphatic carbocycles. The summed E-state index contributed by atoms with van der Waals surface area (Å²) in [5.41, 5.74) is 1.47. The smallest absolute Gasteiger partial charge is 0.161 e. The quantitative estimate of drug-likeness (QED) is 0.540. The Morgan fingerprint density at radius 2 is 2.08 bits per heavy atom. The van der Waals surface area contributed by atoms with Gasteiger partial charge in [-0.25, -0.2) is 0 Å². The van der Waals surface area contributed by atoms with E-state index in [-0.39, 0.29) is 0 Å². The van der Waals surface area contributed by atoms with Crippen molar-refractivity contribution in [2.45, 2.75) is 6.04 Å². The maximum absolute atomic E-state index is 2.46. The number of rotatable bonds is 1. The molecule has 13 heavy (non-hydrogen) atoms. The molecule has 1 aliphatic heterocycles. The minimum absolute atomic E-state index is 0.676. The highest BCUT2D eigenvalue weighted by Gasteiger charge is 2.23. The predicted octanol–water partition coefficient (Wildman–Crippen LogP) is -1.18. The van der Waals surface area contributed by atoms with E-state index in [9.17, 15) is 0 Å². The van der Waals surface area contributed by atoms with Gasteiger partial charge < -0.3 is 10.2 Å². The summed E-state index contributed by atoms with van der Waals surface area (Å²) < 4.78 is 0. The van der Waals surface area contributed by atoms with Crippen molar-refractivity contribution in [1.29, 1.82) is 0 Å². The highest BCUT2D eigenvalue weighted by molar-refractivity contribution is 5.16. The van der Waals surface area contributed by atoms with Crippen LogP contribution in [0.1, 0.15) is 11.6 Å². The van der Waals surface area contributed by atoms with Gasteiger partial charge in [0.05, 0.1) is 7.05 Å². The van der Waals surface area contributed by atoms with E-state index in [0.717, 1.165) is 0 Å². The second-order valence-corrected chi connectivity index (χ2v) is 3.95. The van der Waals surface area contributed by atoms with E-state index in [4.69, 9.17) is 0 Å². The summed E-state index contributed by atoms with van der Waals surface area (Å²) in [6, 6.07) is 11.5. The molecule has 3 N–H and O–H groups in total. The Labute approximate surface area is 79.6 Å². The molecule has 2 rings (SSSR count). The van der Waals surface area contributed by atoms with E-state index in [2.05, 4.69) is 42.7 Å². The first-order valence-electron chi connectivity index (χ1n) is 5.06. The summed E-state index contributed by atoms with van der Waals surface area (Å²) in [5, 5.41) is 2.46. The summed E-state index contributed by atoms with van der Waals surface area (Å²) in [7, 11) is 2.28. The average molecular weight is 178 g/mol. The van der Waals surface area contributed by atoms with Crippen molar-refractivity contribution in [3.8, 4) is 0 Å². The number of benzene rings is 1. The van der Waals surface area contributed by atoms with Crippen LogP contribution in [0.3, 0.4) is 0 Å². The van der Waals surface area contributed by atoms with E-state index >= 15 is 0 Å². The van der Waals surface area contributed by atoms with Crippen LogP contribution >= 0.6 is 0 Å². The van der Waals surface area contributed by atoms with Crippen molar-refractivity contribution >= 4 is 0 Å². The fraction of sp³-hybridized carbons (Fsp3) is 0.455. The Hall–Kier alpha value is -0.860. The number of hydrogen-bond donors (Lipinski definition) is 2. The fourth-order valence-electron chi connectivity index (χ4n) is 2.05. The van der Waals surface area contributed by atoms with E-state index in [1.165, 1.54) is 25.2 Å². The van der Waals surface area contributed by atoms with Crippen LogP contribution in [-0.4, -0.2) is 26.7 Å².